The van der Waals surface area contributed by atoms with Gasteiger partial charge in [-0.25, -0.2) is 0 Å². The number of nitrogens with zero attached hydrogens (tertiary/aromatic N) is 1. The molecule has 0 saturated carbocycles. The van der Waals surface area contributed by atoms with Gasteiger partial charge in [0, 0.05) is 36.6 Å². The van der Waals surface area contributed by atoms with Gasteiger partial charge in [0.25, 0.3) is 0 Å². The van der Waals surface area contributed by atoms with E-state index in [1.165, 1.54) is 5.56 Å². The van der Waals surface area contributed by atoms with Crippen LogP contribution in [0.2, 0.25) is 0 Å². The summed E-state index contributed by atoms with van der Waals surface area (Å²) < 4.78 is 0. The first-order valence-corrected chi connectivity index (χ1v) is 8.45. The topological polar surface area (TPSA) is 12.5 Å². The zero-order valence-corrected chi connectivity index (χ0v) is 13.5. The molecule has 118 valence electrons. The van der Waals surface area contributed by atoms with E-state index in [4.69, 9.17) is 4.84 Å². The molecule has 2 bridgehead atoms. The summed E-state index contributed by atoms with van der Waals surface area (Å²) in [5.74, 6) is 13.1. The molecular weight excluding hydrogens is 294 g/mol. The molecule has 0 amide bonds. The largest absolute Gasteiger partial charge is 0.282 e. The number of hydrogen-bond acceptors (Lipinski definition) is 2. The first-order chi connectivity index (χ1) is 11.9. The number of benzene rings is 2. The lowest BCUT2D eigenvalue weighted by Crippen LogP contribution is -2.27. The maximum atomic E-state index is 6.13. The molecule has 0 unspecified atom stereocenters. The van der Waals surface area contributed by atoms with E-state index in [1.54, 1.807) is 0 Å². The molecule has 0 N–H and O–H groups in total. The molecule has 2 nitrogen and oxygen atoms in total. The van der Waals surface area contributed by atoms with Crippen molar-refractivity contribution in [3.63, 3.8) is 0 Å². The Morgan fingerprint density at radius 1 is 0.958 bits per heavy atom. The minimum absolute atomic E-state index is 0.0372. The Kier molecular flexibility index (Phi) is 4.34. The van der Waals surface area contributed by atoms with E-state index in [-0.39, 0.29) is 6.10 Å². The molecule has 1 fully saturated rings. The number of hydroxylamine groups is 2. The van der Waals surface area contributed by atoms with Crippen LogP contribution < -0.4 is 0 Å². The summed E-state index contributed by atoms with van der Waals surface area (Å²) in [4.78, 5) is 6.13. The fourth-order valence-corrected chi connectivity index (χ4v) is 3.19. The summed E-state index contributed by atoms with van der Waals surface area (Å²) in [6, 6.07) is 18.9. The highest BCUT2D eigenvalue weighted by atomic mass is 16.7. The average Bonchev–Trinajstić information content (AvgIpc) is 2.98. The van der Waals surface area contributed by atoms with Gasteiger partial charge in [-0.2, -0.15) is 5.06 Å². The van der Waals surface area contributed by atoms with E-state index < -0.39 is 0 Å². The van der Waals surface area contributed by atoms with E-state index in [2.05, 4.69) is 53.0 Å². The lowest BCUT2D eigenvalue weighted by atomic mass is 10.1. The molecule has 2 aliphatic rings. The molecule has 2 aromatic carbocycles. The van der Waals surface area contributed by atoms with Gasteiger partial charge < -0.3 is 0 Å². The highest BCUT2D eigenvalue weighted by molar-refractivity contribution is 5.50. The van der Waals surface area contributed by atoms with Crippen LogP contribution in [-0.2, 0) is 11.4 Å². The van der Waals surface area contributed by atoms with Gasteiger partial charge >= 0.3 is 0 Å². The maximum Gasteiger partial charge on any atom is 0.141 e. The highest BCUT2D eigenvalue weighted by Gasteiger charge is 2.32. The molecule has 2 heteroatoms. The standard InChI is InChI=1S/C22H19NO/c1-2-8-18(9-3-1)17-23-21-13-7-6-11-19-10-4-5-12-20(19)14-15-22(16-21)24-23/h1-5,8-10,12,21-22H,7,13,16-17H2/t21-,22-/m0/s1. The third kappa shape index (κ3) is 3.36. The van der Waals surface area contributed by atoms with Crippen LogP contribution >= 0.6 is 0 Å². The van der Waals surface area contributed by atoms with Crippen molar-refractivity contribution in [2.45, 2.75) is 38.0 Å². The zero-order chi connectivity index (χ0) is 16.2. The van der Waals surface area contributed by atoms with Crippen molar-refractivity contribution in [2.75, 3.05) is 0 Å². The van der Waals surface area contributed by atoms with Crippen LogP contribution in [-0.4, -0.2) is 17.2 Å². The van der Waals surface area contributed by atoms with Gasteiger partial charge in [-0.15, -0.1) is 0 Å². The quantitative estimate of drug-likeness (QED) is 0.783. The highest BCUT2D eigenvalue weighted by Crippen LogP contribution is 2.26. The Bertz CT molecular complexity index is 835. The lowest BCUT2D eigenvalue weighted by Gasteiger charge is -2.21. The van der Waals surface area contributed by atoms with Gasteiger partial charge in [-0.05, 0) is 24.1 Å². The second kappa shape index (κ2) is 6.93. The van der Waals surface area contributed by atoms with Gasteiger partial charge in [0.1, 0.15) is 6.10 Å². The van der Waals surface area contributed by atoms with Gasteiger partial charge in [0.15, 0.2) is 0 Å². The van der Waals surface area contributed by atoms with Crippen molar-refractivity contribution in [2.24, 2.45) is 0 Å². The first kappa shape index (κ1) is 15.0. The summed E-state index contributed by atoms with van der Waals surface area (Å²) in [5, 5.41) is 2.10. The second-order valence-corrected chi connectivity index (χ2v) is 6.20. The number of rotatable bonds is 2. The van der Waals surface area contributed by atoms with Crippen molar-refractivity contribution in [3.05, 3.63) is 71.3 Å². The molecule has 0 spiro atoms. The molecular formula is C22H19NO. The lowest BCUT2D eigenvalue weighted by molar-refractivity contribution is -0.156. The minimum atomic E-state index is -0.0372. The Balaban J connectivity index is 1.58. The molecule has 1 heterocycles. The van der Waals surface area contributed by atoms with Crippen molar-refractivity contribution in [1.29, 1.82) is 0 Å². The van der Waals surface area contributed by atoms with Gasteiger partial charge in [0.2, 0.25) is 0 Å². The number of fused-ring (bicyclic) bond motifs is 3. The molecule has 2 atom stereocenters. The van der Waals surface area contributed by atoms with Crippen LogP contribution in [0, 0.1) is 23.7 Å². The van der Waals surface area contributed by atoms with Crippen molar-refractivity contribution < 1.29 is 4.84 Å². The normalized spacial score (nSPS) is 22.3. The Morgan fingerprint density at radius 3 is 2.54 bits per heavy atom. The first-order valence-electron chi connectivity index (χ1n) is 8.45. The van der Waals surface area contributed by atoms with Crippen LogP contribution in [0.5, 0.6) is 0 Å². The molecule has 4 rings (SSSR count). The Labute approximate surface area is 143 Å². The second-order valence-electron chi connectivity index (χ2n) is 6.20. The zero-order valence-electron chi connectivity index (χ0n) is 13.5. The van der Waals surface area contributed by atoms with Crippen molar-refractivity contribution in [1.82, 2.24) is 5.06 Å². The van der Waals surface area contributed by atoms with Crippen LogP contribution in [0.1, 0.15) is 36.0 Å². The Morgan fingerprint density at radius 2 is 1.71 bits per heavy atom. The van der Waals surface area contributed by atoms with E-state index in [1.807, 2.05) is 30.3 Å². The summed E-state index contributed by atoms with van der Waals surface area (Å²) in [7, 11) is 0. The predicted octanol–water partition coefficient (Wildman–Crippen LogP) is 3.76. The fraction of sp³-hybridized carbons (Fsp3) is 0.273. The SMILES string of the molecule is C1#Cc2ccccc2C#C[C@H]2C[C@H](CC1)N(Cc1ccccc1)O2. The summed E-state index contributed by atoms with van der Waals surface area (Å²) in [6.07, 6.45) is 2.80. The third-order valence-electron chi connectivity index (χ3n) is 4.46. The van der Waals surface area contributed by atoms with E-state index in [0.29, 0.717) is 6.04 Å². The smallest absolute Gasteiger partial charge is 0.141 e. The molecule has 1 aliphatic heterocycles. The summed E-state index contributed by atoms with van der Waals surface area (Å²) >= 11 is 0. The average molecular weight is 313 g/mol. The van der Waals surface area contributed by atoms with E-state index in [9.17, 15) is 0 Å². The molecule has 24 heavy (non-hydrogen) atoms. The minimum Gasteiger partial charge on any atom is -0.282 e. The van der Waals surface area contributed by atoms with Crippen LogP contribution in [0.3, 0.4) is 0 Å². The van der Waals surface area contributed by atoms with Crippen LogP contribution in [0.4, 0.5) is 0 Å². The van der Waals surface area contributed by atoms with Crippen molar-refractivity contribution >= 4 is 0 Å². The van der Waals surface area contributed by atoms with Gasteiger partial charge in [0.05, 0.1) is 0 Å². The third-order valence-corrected chi connectivity index (χ3v) is 4.46. The van der Waals surface area contributed by atoms with Crippen LogP contribution in [0.25, 0.3) is 0 Å². The molecule has 1 saturated heterocycles. The van der Waals surface area contributed by atoms with E-state index in [0.717, 1.165) is 36.9 Å². The molecule has 0 radical (unpaired) electrons. The Hall–Kier alpha value is -2.52. The summed E-state index contributed by atoms with van der Waals surface area (Å²) in [6.45, 7) is 0.799. The van der Waals surface area contributed by atoms with Gasteiger partial charge in [-0.3, -0.25) is 4.84 Å². The predicted molar refractivity (Wildman–Crippen MR) is 94.7 cm³/mol. The fourth-order valence-electron chi connectivity index (χ4n) is 3.19. The van der Waals surface area contributed by atoms with Crippen LogP contribution in [0.15, 0.2) is 54.6 Å². The van der Waals surface area contributed by atoms with E-state index >= 15 is 0 Å². The van der Waals surface area contributed by atoms with Gasteiger partial charge in [-0.1, -0.05) is 66.1 Å². The maximum absolute atomic E-state index is 6.13. The van der Waals surface area contributed by atoms with Crippen molar-refractivity contribution in [3.8, 4) is 23.7 Å². The number of hydrogen-bond donors (Lipinski definition) is 0. The molecule has 1 aliphatic carbocycles. The molecule has 2 aromatic rings. The summed E-state index contributed by atoms with van der Waals surface area (Å²) in [5.41, 5.74) is 3.28. The molecule has 0 aromatic heterocycles. The monoisotopic (exact) mass is 313 g/mol.